The number of anilines is 2. The Labute approximate surface area is 237 Å². The molecule has 0 N–H and O–H groups in total. The summed E-state index contributed by atoms with van der Waals surface area (Å²) in [6.07, 6.45) is 2.22. The van der Waals surface area contributed by atoms with Crippen molar-refractivity contribution in [1.82, 2.24) is 0 Å². The first-order valence-corrected chi connectivity index (χ1v) is 13.5. The standard InChI is InChI=1S/C37H33N3/c1-39(33-24-14-6-15-25-33)35(28-30-18-8-3-9-19-30)36(31-20-10-4-11-21-31)37(29-38,32-22-12-5-13-23-32)40(2)34-26-16-7-17-27-34/h3-28,36H,1-2H3/b35-28+. The van der Waals surface area contributed by atoms with Crippen LogP contribution in [0.1, 0.15) is 22.6 Å². The summed E-state index contributed by atoms with van der Waals surface area (Å²) >= 11 is 0. The molecule has 0 heterocycles. The van der Waals surface area contributed by atoms with Crippen molar-refractivity contribution < 1.29 is 0 Å². The third-order valence-corrected chi connectivity index (χ3v) is 7.55. The van der Waals surface area contributed by atoms with Gasteiger partial charge in [-0.3, -0.25) is 0 Å². The largest absolute Gasteiger partial charge is 0.352 e. The fourth-order valence-electron chi connectivity index (χ4n) is 5.47. The summed E-state index contributed by atoms with van der Waals surface area (Å²) in [7, 11) is 4.12. The fourth-order valence-corrected chi connectivity index (χ4v) is 5.47. The van der Waals surface area contributed by atoms with Crippen molar-refractivity contribution in [2.24, 2.45) is 0 Å². The number of nitrogens with zero attached hydrogens (tertiary/aromatic N) is 3. The first-order chi connectivity index (χ1) is 19.6. The second-order valence-corrected chi connectivity index (χ2v) is 9.86. The zero-order valence-corrected chi connectivity index (χ0v) is 22.9. The summed E-state index contributed by atoms with van der Waals surface area (Å²) in [4.78, 5) is 4.36. The molecule has 0 amide bonds. The van der Waals surface area contributed by atoms with Crippen LogP contribution in [-0.2, 0) is 5.54 Å². The number of rotatable bonds is 9. The van der Waals surface area contributed by atoms with Crippen LogP contribution in [0.2, 0.25) is 0 Å². The van der Waals surface area contributed by atoms with E-state index in [1.165, 1.54) is 0 Å². The molecule has 5 rings (SSSR count). The van der Waals surface area contributed by atoms with E-state index < -0.39 is 5.54 Å². The Kier molecular flexibility index (Phi) is 8.09. The van der Waals surface area contributed by atoms with E-state index in [-0.39, 0.29) is 5.92 Å². The summed E-state index contributed by atoms with van der Waals surface area (Å²) in [5.74, 6) is -0.364. The van der Waals surface area contributed by atoms with Gasteiger partial charge in [0, 0.05) is 31.2 Å². The molecule has 0 saturated carbocycles. The van der Waals surface area contributed by atoms with Gasteiger partial charge in [0.05, 0.1) is 12.0 Å². The van der Waals surface area contributed by atoms with Crippen molar-refractivity contribution in [3.05, 3.63) is 174 Å². The van der Waals surface area contributed by atoms with Gasteiger partial charge >= 0.3 is 0 Å². The van der Waals surface area contributed by atoms with Crippen molar-refractivity contribution in [2.45, 2.75) is 11.5 Å². The van der Waals surface area contributed by atoms with Gasteiger partial charge in [-0.15, -0.1) is 0 Å². The third-order valence-electron chi connectivity index (χ3n) is 7.55. The third kappa shape index (κ3) is 5.25. The van der Waals surface area contributed by atoms with Gasteiger partial charge in [0.15, 0.2) is 5.54 Å². The molecule has 0 aliphatic rings. The van der Waals surface area contributed by atoms with E-state index in [9.17, 15) is 5.26 Å². The average Bonchev–Trinajstić information content (AvgIpc) is 3.04. The summed E-state index contributed by atoms with van der Waals surface area (Å²) in [5.41, 5.74) is 5.00. The van der Waals surface area contributed by atoms with Crippen molar-refractivity contribution in [3.8, 4) is 6.07 Å². The molecule has 0 radical (unpaired) electrons. The molecule has 0 saturated heterocycles. The number of likely N-dealkylation sites (N-methyl/N-ethyl adjacent to an activating group) is 2. The lowest BCUT2D eigenvalue weighted by Gasteiger charge is -2.46. The number of benzene rings is 5. The Bertz CT molecular complexity index is 1560. The van der Waals surface area contributed by atoms with Gasteiger partial charge in [-0.05, 0) is 47.0 Å². The van der Waals surface area contributed by atoms with Crippen LogP contribution in [0.4, 0.5) is 11.4 Å². The van der Waals surface area contributed by atoms with Crippen molar-refractivity contribution in [1.29, 1.82) is 5.26 Å². The monoisotopic (exact) mass is 519 g/mol. The van der Waals surface area contributed by atoms with E-state index in [0.717, 1.165) is 33.8 Å². The molecule has 0 bridgehead atoms. The van der Waals surface area contributed by atoms with Crippen LogP contribution in [0.3, 0.4) is 0 Å². The highest BCUT2D eigenvalue weighted by Crippen LogP contribution is 2.48. The predicted molar refractivity (Wildman–Crippen MR) is 167 cm³/mol. The van der Waals surface area contributed by atoms with Gasteiger partial charge in [0.1, 0.15) is 0 Å². The number of hydrogen-bond donors (Lipinski definition) is 0. The van der Waals surface area contributed by atoms with E-state index in [4.69, 9.17) is 0 Å². The molecular weight excluding hydrogens is 486 g/mol. The van der Waals surface area contributed by atoms with Gasteiger partial charge in [-0.1, -0.05) is 127 Å². The average molecular weight is 520 g/mol. The summed E-state index contributed by atoms with van der Waals surface area (Å²) < 4.78 is 0. The highest BCUT2D eigenvalue weighted by atomic mass is 15.2. The maximum absolute atomic E-state index is 11.4. The zero-order chi connectivity index (χ0) is 27.8. The lowest BCUT2D eigenvalue weighted by molar-refractivity contribution is 0.464. The zero-order valence-electron chi connectivity index (χ0n) is 22.9. The van der Waals surface area contributed by atoms with Crippen LogP contribution in [0, 0.1) is 11.3 Å². The normalized spacial score (nSPS) is 13.5. The second kappa shape index (κ2) is 12.2. The Hall–Kier alpha value is -5.07. The van der Waals surface area contributed by atoms with Gasteiger partial charge in [0.2, 0.25) is 0 Å². The Morgan fingerprint density at radius 3 is 1.60 bits per heavy atom. The SMILES string of the molecule is CN(/C(=C/c1ccccc1)C(c1ccccc1)C(C#N)(c1ccccc1)N(C)c1ccccc1)c1ccccc1. The predicted octanol–water partition coefficient (Wildman–Crippen LogP) is 8.50. The molecule has 0 aliphatic heterocycles. The molecule has 5 aromatic carbocycles. The van der Waals surface area contributed by atoms with E-state index >= 15 is 0 Å². The molecule has 0 fully saturated rings. The molecular formula is C37H33N3. The minimum absolute atomic E-state index is 0.364. The van der Waals surface area contributed by atoms with Gasteiger partial charge in [0.25, 0.3) is 0 Å². The second-order valence-electron chi connectivity index (χ2n) is 9.86. The van der Waals surface area contributed by atoms with Crippen LogP contribution < -0.4 is 9.80 Å². The minimum Gasteiger partial charge on any atom is -0.352 e. The summed E-state index contributed by atoms with van der Waals surface area (Å²) in [6.45, 7) is 0. The van der Waals surface area contributed by atoms with Gasteiger partial charge in [-0.2, -0.15) is 5.26 Å². The highest BCUT2D eigenvalue weighted by Gasteiger charge is 2.48. The maximum atomic E-state index is 11.4. The first-order valence-electron chi connectivity index (χ1n) is 13.5. The molecule has 2 atom stereocenters. The summed E-state index contributed by atoms with van der Waals surface area (Å²) in [5, 5.41) is 11.4. The molecule has 0 aliphatic carbocycles. The van der Waals surface area contributed by atoms with Crippen molar-refractivity contribution in [2.75, 3.05) is 23.9 Å². The molecule has 5 aromatic rings. The van der Waals surface area contributed by atoms with Gasteiger partial charge < -0.3 is 9.80 Å². The maximum Gasteiger partial charge on any atom is 0.165 e. The van der Waals surface area contributed by atoms with Gasteiger partial charge in [-0.25, -0.2) is 0 Å². The van der Waals surface area contributed by atoms with Crippen LogP contribution in [0.15, 0.2) is 157 Å². The van der Waals surface area contributed by atoms with Crippen LogP contribution in [0.25, 0.3) is 6.08 Å². The Morgan fingerprint density at radius 2 is 1.07 bits per heavy atom. The Morgan fingerprint density at radius 1 is 0.625 bits per heavy atom. The molecule has 3 heteroatoms. The molecule has 40 heavy (non-hydrogen) atoms. The minimum atomic E-state index is -1.09. The highest BCUT2D eigenvalue weighted by molar-refractivity contribution is 5.68. The van der Waals surface area contributed by atoms with Crippen LogP contribution in [-0.4, -0.2) is 14.1 Å². The first kappa shape index (κ1) is 26.5. The van der Waals surface area contributed by atoms with Crippen LogP contribution >= 0.6 is 0 Å². The molecule has 2 unspecified atom stereocenters. The number of hydrogen-bond acceptors (Lipinski definition) is 3. The molecule has 0 spiro atoms. The molecule has 196 valence electrons. The van der Waals surface area contributed by atoms with E-state index in [1.54, 1.807) is 0 Å². The van der Waals surface area contributed by atoms with E-state index in [0.29, 0.717) is 0 Å². The fraction of sp³-hybridized carbons (Fsp3) is 0.108. The summed E-state index contributed by atoms with van der Waals surface area (Å²) in [6, 6.07) is 54.3. The molecule has 0 aromatic heterocycles. The molecule has 3 nitrogen and oxygen atoms in total. The number of para-hydroxylation sites is 2. The van der Waals surface area contributed by atoms with E-state index in [1.807, 2.05) is 85.9 Å². The topological polar surface area (TPSA) is 30.3 Å². The van der Waals surface area contributed by atoms with Crippen molar-refractivity contribution in [3.63, 3.8) is 0 Å². The Balaban J connectivity index is 1.86. The van der Waals surface area contributed by atoms with Crippen molar-refractivity contribution >= 4 is 17.5 Å². The quantitative estimate of drug-likeness (QED) is 0.196. The lowest BCUT2D eigenvalue weighted by atomic mass is 9.71. The van der Waals surface area contributed by atoms with Crippen LogP contribution in [0.5, 0.6) is 0 Å². The van der Waals surface area contributed by atoms with E-state index in [2.05, 4.69) is 102 Å². The number of nitriles is 1. The lowest BCUT2D eigenvalue weighted by Crippen LogP contribution is -2.50. The smallest absolute Gasteiger partial charge is 0.165 e.